The van der Waals surface area contributed by atoms with Crippen LogP contribution in [0.15, 0.2) is 24.4 Å². The molecular formula is C19H18FN5O4S. The number of hydrogen-bond acceptors (Lipinski definition) is 8. The van der Waals surface area contributed by atoms with Crippen molar-refractivity contribution in [3.8, 4) is 22.3 Å². The molecule has 1 aromatic carbocycles. The molecule has 0 saturated heterocycles. The average molecular weight is 431 g/mol. The zero-order chi connectivity index (χ0) is 21.0. The molecule has 0 unspecified atom stereocenters. The van der Waals surface area contributed by atoms with Gasteiger partial charge in [-0.3, -0.25) is 9.47 Å². The summed E-state index contributed by atoms with van der Waals surface area (Å²) in [5.74, 6) is -0.0843. The summed E-state index contributed by atoms with van der Waals surface area (Å²) in [7, 11) is 1.52. The molecule has 0 saturated carbocycles. The predicted octanol–water partition coefficient (Wildman–Crippen LogP) is 3.23. The lowest BCUT2D eigenvalue weighted by molar-refractivity contribution is -0.389. The van der Waals surface area contributed by atoms with Crippen molar-refractivity contribution in [3.05, 3.63) is 50.9 Å². The molecule has 0 aliphatic carbocycles. The molecule has 156 valence electrons. The number of fused-ring (bicyclic) bond motifs is 2. The molecule has 0 bridgehead atoms. The number of thiazole rings is 1. The Morgan fingerprint density at radius 1 is 1.40 bits per heavy atom. The van der Waals surface area contributed by atoms with E-state index in [0.29, 0.717) is 25.4 Å². The van der Waals surface area contributed by atoms with Crippen molar-refractivity contribution in [3.63, 3.8) is 0 Å². The van der Waals surface area contributed by atoms with E-state index in [-0.39, 0.29) is 17.6 Å². The van der Waals surface area contributed by atoms with Gasteiger partial charge in [0, 0.05) is 35.6 Å². The second kappa shape index (κ2) is 6.74. The zero-order valence-corrected chi connectivity index (χ0v) is 17.1. The van der Waals surface area contributed by atoms with Gasteiger partial charge in [0.25, 0.3) is 0 Å². The molecular weight excluding hydrogens is 413 g/mol. The Hall–Kier alpha value is -3.05. The Morgan fingerprint density at radius 3 is 2.93 bits per heavy atom. The molecule has 5 rings (SSSR count). The summed E-state index contributed by atoms with van der Waals surface area (Å²) >= 11 is 1.58. The third-order valence-electron chi connectivity index (χ3n) is 5.23. The molecule has 3 aromatic rings. The fourth-order valence-corrected chi connectivity index (χ4v) is 5.15. The summed E-state index contributed by atoms with van der Waals surface area (Å²) in [5, 5.41) is 11.7. The van der Waals surface area contributed by atoms with Gasteiger partial charge >= 0.3 is 11.8 Å². The Bertz CT molecular complexity index is 1110. The molecule has 0 amide bonds. The summed E-state index contributed by atoms with van der Waals surface area (Å²) in [6, 6.07) is 4.73. The van der Waals surface area contributed by atoms with Crippen LogP contribution in [0.2, 0.25) is 0 Å². The first-order valence-electron chi connectivity index (χ1n) is 9.29. The van der Waals surface area contributed by atoms with Crippen LogP contribution in [0.4, 0.5) is 10.2 Å². The fourth-order valence-electron chi connectivity index (χ4n) is 4.01. The second-order valence-corrected chi connectivity index (χ2v) is 8.78. The summed E-state index contributed by atoms with van der Waals surface area (Å²) in [6.45, 7) is 4.53. The first kappa shape index (κ1) is 18.9. The van der Waals surface area contributed by atoms with Gasteiger partial charge in [0.15, 0.2) is 0 Å². The standard InChI is InChI=1S/C19H18FN5O4S/c1-19(10-24-8-16(25(26)27)22-18(24)29-19)9-23-6-13-15(7-23)30-17(21-13)12-4-3-11(20)5-14(12)28-2/h3-5,8H,6-7,9-10H2,1-2H3/t19-/m0/s1. The van der Waals surface area contributed by atoms with Crippen LogP contribution in [0.25, 0.3) is 10.6 Å². The number of rotatable bonds is 5. The molecule has 30 heavy (non-hydrogen) atoms. The predicted molar refractivity (Wildman–Crippen MR) is 106 cm³/mol. The maximum atomic E-state index is 13.5. The van der Waals surface area contributed by atoms with Gasteiger partial charge in [0.2, 0.25) is 0 Å². The highest BCUT2D eigenvalue weighted by atomic mass is 32.1. The molecule has 9 nitrogen and oxygen atoms in total. The summed E-state index contributed by atoms with van der Waals surface area (Å²) in [6.07, 6.45) is 1.41. The molecule has 0 N–H and O–H groups in total. The lowest BCUT2D eigenvalue weighted by Gasteiger charge is -2.27. The molecule has 2 aromatic heterocycles. The molecule has 0 spiro atoms. The summed E-state index contributed by atoms with van der Waals surface area (Å²) < 4.78 is 26.4. The van der Waals surface area contributed by atoms with Crippen LogP contribution in [0.3, 0.4) is 0 Å². The molecule has 2 aliphatic heterocycles. The summed E-state index contributed by atoms with van der Waals surface area (Å²) in [4.78, 5) is 22.4. The van der Waals surface area contributed by atoms with Gasteiger partial charge in [-0.05, 0) is 24.0 Å². The molecule has 0 fully saturated rings. The number of halogens is 1. The molecule has 4 heterocycles. The molecule has 2 aliphatic rings. The Morgan fingerprint density at radius 2 is 2.23 bits per heavy atom. The van der Waals surface area contributed by atoms with Crippen molar-refractivity contribution in [2.75, 3.05) is 13.7 Å². The third-order valence-corrected chi connectivity index (χ3v) is 6.34. The van der Waals surface area contributed by atoms with E-state index in [1.807, 2.05) is 6.92 Å². The van der Waals surface area contributed by atoms with Crippen LogP contribution in [-0.2, 0) is 19.6 Å². The quantitative estimate of drug-likeness (QED) is 0.452. The summed E-state index contributed by atoms with van der Waals surface area (Å²) in [5.41, 5.74) is 1.26. The van der Waals surface area contributed by atoms with E-state index < -0.39 is 10.5 Å². The number of benzene rings is 1. The number of nitrogens with zero attached hydrogens (tertiary/aromatic N) is 5. The van der Waals surface area contributed by atoms with E-state index in [0.717, 1.165) is 27.7 Å². The smallest absolute Gasteiger partial charge is 0.415 e. The molecule has 11 heteroatoms. The van der Waals surface area contributed by atoms with E-state index in [2.05, 4.69) is 9.88 Å². The number of imidazole rings is 1. The highest BCUT2D eigenvalue weighted by molar-refractivity contribution is 7.15. The monoisotopic (exact) mass is 431 g/mol. The van der Waals surface area contributed by atoms with Crippen LogP contribution in [0, 0.1) is 15.9 Å². The van der Waals surface area contributed by atoms with Crippen LogP contribution in [0.1, 0.15) is 17.5 Å². The van der Waals surface area contributed by atoms with E-state index in [4.69, 9.17) is 14.5 Å². The van der Waals surface area contributed by atoms with E-state index >= 15 is 0 Å². The lowest BCUT2D eigenvalue weighted by Crippen LogP contribution is -2.43. The molecule has 0 radical (unpaired) electrons. The maximum absolute atomic E-state index is 13.5. The van der Waals surface area contributed by atoms with Crippen molar-refractivity contribution in [1.82, 2.24) is 19.4 Å². The van der Waals surface area contributed by atoms with E-state index in [1.165, 1.54) is 25.4 Å². The fraction of sp³-hybridized carbons (Fsp3) is 0.368. The van der Waals surface area contributed by atoms with Crippen LogP contribution >= 0.6 is 11.3 Å². The number of methoxy groups -OCH3 is 1. The van der Waals surface area contributed by atoms with Gasteiger partial charge in [-0.25, -0.2) is 9.37 Å². The zero-order valence-electron chi connectivity index (χ0n) is 16.3. The average Bonchev–Trinajstić information content (AvgIpc) is 3.39. The maximum Gasteiger partial charge on any atom is 0.415 e. The number of ether oxygens (including phenoxy) is 2. The van der Waals surface area contributed by atoms with Gasteiger partial charge in [-0.1, -0.05) is 0 Å². The van der Waals surface area contributed by atoms with E-state index in [1.54, 1.807) is 22.0 Å². The van der Waals surface area contributed by atoms with Crippen molar-refractivity contribution in [1.29, 1.82) is 0 Å². The van der Waals surface area contributed by atoms with Crippen molar-refractivity contribution < 1.29 is 18.8 Å². The van der Waals surface area contributed by atoms with Gasteiger partial charge < -0.3 is 19.6 Å². The number of aromatic nitrogens is 3. The van der Waals surface area contributed by atoms with Crippen LogP contribution < -0.4 is 9.47 Å². The first-order valence-corrected chi connectivity index (χ1v) is 10.1. The second-order valence-electron chi connectivity index (χ2n) is 7.70. The normalized spacial score (nSPS) is 20.1. The Balaban J connectivity index is 1.28. The minimum absolute atomic E-state index is 0.205. The highest BCUT2D eigenvalue weighted by Gasteiger charge is 2.42. The first-order chi connectivity index (χ1) is 14.3. The van der Waals surface area contributed by atoms with Crippen molar-refractivity contribution >= 4 is 17.2 Å². The van der Waals surface area contributed by atoms with E-state index in [9.17, 15) is 14.5 Å². The highest BCUT2D eigenvalue weighted by Crippen LogP contribution is 2.39. The van der Waals surface area contributed by atoms with Gasteiger partial charge in [0.1, 0.15) is 28.4 Å². The van der Waals surface area contributed by atoms with Crippen LogP contribution in [0.5, 0.6) is 11.8 Å². The molecule has 1 atom stereocenters. The number of nitro groups is 1. The Labute approximate surface area is 174 Å². The van der Waals surface area contributed by atoms with Gasteiger partial charge in [-0.15, -0.1) is 11.3 Å². The largest absolute Gasteiger partial charge is 0.496 e. The third kappa shape index (κ3) is 3.19. The topological polar surface area (TPSA) is 95.5 Å². The van der Waals surface area contributed by atoms with Gasteiger partial charge in [0.05, 0.1) is 24.9 Å². The SMILES string of the molecule is COc1cc(F)ccc1-c1nc2c(s1)CN(C[C@@]1(C)Cn3cc([N+](=O)[O-])nc3O1)C2. The van der Waals surface area contributed by atoms with Crippen LogP contribution in [-0.4, -0.2) is 43.6 Å². The van der Waals surface area contributed by atoms with Crippen molar-refractivity contribution in [2.24, 2.45) is 0 Å². The lowest BCUT2D eigenvalue weighted by atomic mass is 10.1. The van der Waals surface area contributed by atoms with Gasteiger partial charge in [-0.2, -0.15) is 0 Å². The Kier molecular flexibility index (Phi) is 4.26. The minimum atomic E-state index is -0.524. The van der Waals surface area contributed by atoms with Crippen molar-refractivity contribution in [2.45, 2.75) is 32.2 Å². The number of hydrogen-bond donors (Lipinski definition) is 0. The minimum Gasteiger partial charge on any atom is -0.496 e.